The van der Waals surface area contributed by atoms with Crippen LogP contribution in [0.1, 0.15) is 54.4 Å². The molecule has 3 unspecified atom stereocenters. The van der Waals surface area contributed by atoms with E-state index in [0.717, 1.165) is 33.0 Å². The largest absolute Gasteiger partial charge is 0.289 e. The van der Waals surface area contributed by atoms with Gasteiger partial charge in [-0.15, -0.1) is 11.3 Å². The first-order valence-electron chi connectivity index (χ1n) is 15.4. The van der Waals surface area contributed by atoms with Crippen LogP contribution in [0.2, 0.25) is 0 Å². The van der Waals surface area contributed by atoms with Gasteiger partial charge in [-0.25, -0.2) is 0 Å². The Hall–Kier alpha value is -4.01. The van der Waals surface area contributed by atoms with Crippen LogP contribution >= 0.6 is 11.3 Å². The van der Waals surface area contributed by atoms with Crippen LogP contribution in [0.5, 0.6) is 0 Å². The van der Waals surface area contributed by atoms with Crippen LogP contribution in [0.25, 0.3) is 42.4 Å². The quantitative estimate of drug-likeness (QED) is 0.170. The maximum atomic E-state index is 14.1. The Labute approximate surface area is 249 Å². The summed E-state index contributed by atoms with van der Waals surface area (Å²) in [5.74, 6) is 0. The molecular formula is C40H30OS. The van der Waals surface area contributed by atoms with Crippen molar-refractivity contribution < 1.29 is 0 Å². The first-order valence-corrected chi connectivity index (χ1v) is 16.3. The van der Waals surface area contributed by atoms with Crippen molar-refractivity contribution in [2.45, 2.75) is 54.8 Å². The van der Waals surface area contributed by atoms with E-state index in [2.05, 4.69) is 91.0 Å². The summed E-state index contributed by atoms with van der Waals surface area (Å²) in [6, 6.07) is 40.7. The molecule has 42 heavy (non-hydrogen) atoms. The van der Waals surface area contributed by atoms with Crippen molar-refractivity contribution in [2.75, 3.05) is 0 Å². The summed E-state index contributed by atoms with van der Waals surface area (Å²) < 4.78 is 2.18. The summed E-state index contributed by atoms with van der Waals surface area (Å²) in [5, 5.41) is 1.74. The Balaban J connectivity index is 1.38. The predicted molar refractivity (Wildman–Crippen MR) is 175 cm³/mol. The Morgan fingerprint density at radius 2 is 1.14 bits per heavy atom. The van der Waals surface area contributed by atoms with Gasteiger partial charge in [-0.3, -0.25) is 4.79 Å². The lowest BCUT2D eigenvalue weighted by Gasteiger charge is -2.65. The van der Waals surface area contributed by atoms with E-state index < -0.39 is 0 Å². The van der Waals surface area contributed by atoms with Gasteiger partial charge in [-0.2, -0.15) is 0 Å². The molecule has 1 aromatic heterocycles. The van der Waals surface area contributed by atoms with E-state index in [1.54, 1.807) is 22.5 Å². The molecule has 4 aliphatic rings. The van der Waals surface area contributed by atoms with Crippen LogP contribution in [0.3, 0.4) is 0 Å². The minimum Gasteiger partial charge on any atom is -0.289 e. The molecule has 6 aromatic rings. The lowest BCUT2D eigenvalue weighted by atomic mass is 9.37. The smallest absolute Gasteiger partial charge is 0.195 e. The number of benzene rings is 5. The fraction of sp³-hybridized carbons (Fsp3) is 0.225. The maximum absolute atomic E-state index is 14.1. The molecule has 0 N–H and O–H groups in total. The van der Waals surface area contributed by atoms with E-state index in [1.165, 1.54) is 59.1 Å². The summed E-state index contributed by atoms with van der Waals surface area (Å²) in [4.78, 5) is 14.1. The van der Waals surface area contributed by atoms with Crippen LogP contribution in [0, 0.1) is 0 Å². The van der Waals surface area contributed by atoms with Gasteiger partial charge in [0.15, 0.2) is 5.43 Å². The second-order valence-corrected chi connectivity index (χ2v) is 14.2. The van der Waals surface area contributed by atoms with Crippen molar-refractivity contribution in [3.8, 4) is 22.3 Å². The van der Waals surface area contributed by atoms with E-state index in [0.29, 0.717) is 0 Å². The molecule has 3 atom stereocenters. The summed E-state index contributed by atoms with van der Waals surface area (Å²) in [5.41, 5.74) is 11.8. The van der Waals surface area contributed by atoms with Crippen molar-refractivity contribution in [3.05, 3.63) is 142 Å². The van der Waals surface area contributed by atoms with Gasteiger partial charge in [-0.1, -0.05) is 84.9 Å². The molecule has 1 spiro atoms. The molecule has 2 bridgehead atoms. The number of aryl methyl sites for hydroxylation is 1. The van der Waals surface area contributed by atoms with Gasteiger partial charge in [0.25, 0.3) is 0 Å². The number of hydrogen-bond acceptors (Lipinski definition) is 2. The van der Waals surface area contributed by atoms with E-state index in [9.17, 15) is 4.79 Å². The first kappa shape index (κ1) is 23.5. The highest BCUT2D eigenvalue weighted by atomic mass is 32.1. The summed E-state index contributed by atoms with van der Waals surface area (Å²) >= 11 is 1.77. The van der Waals surface area contributed by atoms with Crippen molar-refractivity contribution in [1.82, 2.24) is 0 Å². The summed E-state index contributed by atoms with van der Waals surface area (Å²) in [7, 11) is 0. The van der Waals surface area contributed by atoms with Gasteiger partial charge >= 0.3 is 0 Å². The number of rotatable bonds is 0. The Bertz CT molecular complexity index is 2210. The van der Waals surface area contributed by atoms with Gasteiger partial charge in [0.2, 0.25) is 0 Å². The molecule has 0 aliphatic heterocycles. The molecule has 202 valence electrons. The van der Waals surface area contributed by atoms with Crippen molar-refractivity contribution in [2.24, 2.45) is 0 Å². The lowest BCUT2D eigenvalue weighted by molar-refractivity contribution is 0.0433. The van der Waals surface area contributed by atoms with Crippen molar-refractivity contribution >= 4 is 31.5 Å². The molecular weight excluding hydrogens is 529 g/mol. The lowest BCUT2D eigenvalue weighted by Crippen LogP contribution is -2.64. The van der Waals surface area contributed by atoms with Crippen LogP contribution < -0.4 is 5.43 Å². The summed E-state index contributed by atoms with van der Waals surface area (Å²) in [6.45, 7) is 0. The third-order valence-electron chi connectivity index (χ3n) is 12.0. The molecule has 0 saturated heterocycles. The zero-order valence-electron chi connectivity index (χ0n) is 23.5. The van der Waals surface area contributed by atoms with Crippen molar-refractivity contribution in [3.63, 3.8) is 0 Å². The topological polar surface area (TPSA) is 17.1 Å². The Morgan fingerprint density at radius 1 is 0.500 bits per heavy atom. The standard InChI is InChI=1S/C40H30OS/c41-37-29-13-5-8-16-35(29)42-36-24-30-26-10-2-1-9-25(26)17-18-38-19-20-39(34(30)23-31(36)37)21-22-40(38,39)33-15-7-4-12-28(33)27-11-3-6-14-32(27)38/h1-16,23-24H,17-22H2. The van der Waals surface area contributed by atoms with Gasteiger partial charge < -0.3 is 0 Å². The van der Waals surface area contributed by atoms with E-state index >= 15 is 0 Å². The second-order valence-electron chi connectivity index (χ2n) is 13.1. The third kappa shape index (κ3) is 2.53. The summed E-state index contributed by atoms with van der Waals surface area (Å²) in [6.07, 6.45) is 6.97. The molecule has 2 heteroatoms. The van der Waals surface area contributed by atoms with Gasteiger partial charge in [0, 0.05) is 36.4 Å². The van der Waals surface area contributed by atoms with Gasteiger partial charge in [0.1, 0.15) is 0 Å². The van der Waals surface area contributed by atoms with Crippen LogP contribution in [0.15, 0.2) is 114 Å². The Kier molecular flexibility index (Phi) is 4.42. The van der Waals surface area contributed by atoms with E-state index in [-0.39, 0.29) is 21.7 Å². The molecule has 0 radical (unpaired) electrons. The highest BCUT2D eigenvalue weighted by molar-refractivity contribution is 7.24. The maximum Gasteiger partial charge on any atom is 0.195 e. The zero-order valence-corrected chi connectivity index (χ0v) is 24.3. The van der Waals surface area contributed by atoms with Gasteiger partial charge in [0.05, 0.1) is 0 Å². The molecule has 1 heterocycles. The third-order valence-corrected chi connectivity index (χ3v) is 13.2. The van der Waals surface area contributed by atoms with Crippen molar-refractivity contribution in [1.29, 1.82) is 0 Å². The highest BCUT2D eigenvalue weighted by Gasteiger charge is 2.75. The predicted octanol–water partition coefficient (Wildman–Crippen LogP) is 9.71. The second kappa shape index (κ2) is 7.88. The fourth-order valence-electron chi connectivity index (χ4n) is 10.4. The molecule has 2 saturated carbocycles. The monoisotopic (exact) mass is 558 g/mol. The molecule has 2 fully saturated rings. The zero-order chi connectivity index (χ0) is 27.7. The fourth-order valence-corrected chi connectivity index (χ4v) is 11.5. The average Bonchev–Trinajstić information content (AvgIpc) is 3.24. The number of hydrogen-bond donors (Lipinski definition) is 0. The minimum atomic E-state index is 0.000358. The average molecular weight is 559 g/mol. The molecule has 10 rings (SSSR count). The minimum absolute atomic E-state index is 0.000358. The Morgan fingerprint density at radius 3 is 1.95 bits per heavy atom. The van der Waals surface area contributed by atoms with E-state index in [1.807, 2.05) is 18.2 Å². The normalized spacial score (nSPS) is 26.4. The highest BCUT2D eigenvalue weighted by Crippen LogP contribution is 2.79. The van der Waals surface area contributed by atoms with Crippen LogP contribution in [-0.4, -0.2) is 0 Å². The van der Waals surface area contributed by atoms with Crippen LogP contribution in [0.4, 0.5) is 0 Å². The van der Waals surface area contributed by atoms with E-state index in [4.69, 9.17) is 0 Å². The molecule has 1 nitrogen and oxygen atoms in total. The SMILES string of the molecule is O=c1c2ccccc2sc2cc3c(cc12)C12CCC4(CCc5ccccc5-3)c3ccccc3-c3ccccc3C14CC2. The molecule has 5 aromatic carbocycles. The number of fused-ring (bicyclic) bond motifs is 8. The van der Waals surface area contributed by atoms with Gasteiger partial charge in [-0.05, 0) is 107 Å². The molecule has 4 aliphatic carbocycles. The first-order chi connectivity index (χ1) is 20.7. The van der Waals surface area contributed by atoms with Crippen LogP contribution in [-0.2, 0) is 22.7 Å². The molecule has 0 amide bonds.